The molecule has 24 heavy (non-hydrogen) atoms. The van der Waals surface area contributed by atoms with Crippen LogP contribution >= 0.6 is 0 Å². The van der Waals surface area contributed by atoms with Crippen LogP contribution in [-0.4, -0.2) is 21.7 Å². The topological polar surface area (TPSA) is 55.2 Å². The molecule has 0 saturated carbocycles. The van der Waals surface area contributed by atoms with Gasteiger partial charge in [0.15, 0.2) is 11.6 Å². The quantitative estimate of drug-likeness (QED) is 0.563. The van der Waals surface area contributed by atoms with E-state index < -0.39 is 0 Å². The molecule has 0 atom stereocenters. The van der Waals surface area contributed by atoms with E-state index in [0.717, 1.165) is 18.6 Å². The van der Waals surface area contributed by atoms with E-state index in [-0.39, 0.29) is 5.75 Å². The molecule has 0 amide bonds. The lowest BCUT2D eigenvalue weighted by Crippen LogP contribution is -1.99. The monoisotopic (exact) mass is 328 g/mol. The minimum atomic E-state index is 0.240. The summed E-state index contributed by atoms with van der Waals surface area (Å²) >= 11 is 0. The Balaban J connectivity index is 1.63. The molecule has 0 bridgehead atoms. The third kappa shape index (κ3) is 6.57. The molecule has 0 saturated heterocycles. The van der Waals surface area contributed by atoms with Crippen molar-refractivity contribution in [1.29, 1.82) is 0 Å². The Morgan fingerprint density at radius 1 is 0.833 bits per heavy atom. The van der Waals surface area contributed by atoms with E-state index in [1.165, 1.54) is 44.9 Å². The highest BCUT2D eigenvalue weighted by Gasteiger charge is 2.02. The standard InChI is InChI=1S/C20H28N2O2/c1-2-3-4-5-6-7-8-9-14-24-19-15-21-20(22-16-19)17-10-12-18(23)13-11-17/h10-13,15-16,23H,2-9,14H2,1H3. The molecule has 1 N–H and O–H groups in total. The molecule has 0 unspecified atom stereocenters. The summed E-state index contributed by atoms with van der Waals surface area (Å²) in [5.41, 5.74) is 0.877. The Kier molecular flexibility index (Phi) is 8.08. The van der Waals surface area contributed by atoms with Gasteiger partial charge in [0.25, 0.3) is 0 Å². The Morgan fingerprint density at radius 2 is 1.42 bits per heavy atom. The van der Waals surface area contributed by atoms with Crippen molar-refractivity contribution in [3.05, 3.63) is 36.7 Å². The first kappa shape index (κ1) is 18.2. The van der Waals surface area contributed by atoms with Crippen LogP contribution in [0.1, 0.15) is 58.3 Å². The zero-order valence-electron chi connectivity index (χ0n) is 14.6. The van der Waals surface area contributed by atoms with Crippen LogP contribution in [0.5, 0.6) is 11.5 Å². The molecule has 130 valence electrons. The first-order chi connectivity index (χ1) is 11.8. The summed E-state index contributed by atoms with van der Waals surface area (Å²) in [6, 6.07) is 6.86. The molecule has 0 fully saturated rings. The van der Waals surface area contributed by atoms with Crippen molar-refractivity contribution in [2.75, 3.05) is 6.61 Å². The van der Waals surface area contributed by atoms with Gasteiger partial charge in [-0.05, 0) is 30.7 Å². The molecule has 0 aliphatic carbocycles. The second-order valence-electron chi connectivity index (χ2n) is 6.11. The Morgan fingerprint density at radius 3 is 2.04 bits per heavy atom. The number of nitrogens with zero attached hydrogens (tertiary/aromatic N) is 2. The Bertz CT molecular complexity index is 567. The first-order valence-electron chi connectivity index (χ1n) is 9.04. The van der Waals surface area contributed by atoms with E-state index in [2.05, 4.69) is 16.9 Å². The Labute approximate surface area is 144 Å². The first-order valence-corrected chi connectivity index (χ1v) is 9.04. The van der Waals surface area contributed by atoms with Gasteiger partial charge in [-0.15, -0.1) is 0 Å². The van der Waals surface area contributed by atoms with Gasteiger partial charge in [-0.2, -0.15) is 0 Å². The maximum atomic E-state index is 9.30. The lowest BCUT2D eigenvalue weighted by atomic mass is 10.1. The van der Waals surface area contributed by atoms with Crippen molar-refractivity contribution >= 4 is 0 Å². The smallest absolute Gasteiger partial charge is 0.159 e. The van der Waals surface area contributed by atoms with Gasteiger partial charge in [0, 0.05) is 5.56 Å². The summed E-state index contributed by atoms with van der Waals surface area (Å²) in [5, 5.41) is 9.30. The normalized spacial score (nSPS) is 10.7. The van der Waals surface area contributed by atoms with Crippen molar-refractivity contribution in [2.24, 2.45) is 0 Å². The van der Waals surface area contributed by atoms with Gasteiger partial charge in [0.05, 0.1) is 19.0 Å². The molecule has 0 radical (unpaired) electrons. The fraction of sp³-hybridized carbons (Fsp3) is 0.500. The van der Waals surface area contributed by atoms with Crippen molar-refractivity contribution in [3.63, 3.8) is 0 Å². The van der Waals surface area contributed by atoms with Crippen LogP contribution in [0.4, 0.5) is 0 Å². The van der Waals surface area contributed by atoms with Crippen molar-refractivity contribution in [3.8, 4) is 22.9 Å². The summed E-state index contributed by atoms with van der Waals surface area (Å²) in [4.78, 5) is 8.64. The number of hydrogen-bond acceptors (Lipinski definition) is 4. The molecule has 0 aliphatic heterocycles. The van der Waals surface area contributed by atoms with Gasteiger partial charge in [-0.3, -0.25) is 0 Å². The second kappa shape index (κ2) is 10.6. The number of hydrogen-bond donors (Lipinski definition) is 1. The minimum Gasteiger partial charge on any atom is -0.508 e. The van der Waals surface area contributed by atoms with E-state index in [1.54, 1.807) is 36.7 Å². The molecule has 0 spiro atoms. The second-order valence-corrected chi connectivity index (χ2v) is 6.11. The SMILES string of the molecule is CCCCCCCCCCOc1cnc(-c2ccc(O)cc2)nc1. The van der Waals surface area contributed by atoms with E-state index in [1.807, 2.05) is 0 Å². The third-order valence-electron chi connectivity index (χ3n) is 4.02. The molecular formula is C20H28N2O2. The summed E-state index contributed by atoms with van der Waals surface area (Å²) in [5.74, 6) is 1.58. The average Bonchev–Trinajstić information content (AvgIpc) is 2.62. The summed E-state index contributed by atoms with van der Waals surface area (Å²) in [7, 11) is 0. The highest BCUT2D eigenvalue weighted by molar-refractivity contribution is 5.55. The maximum Gasteiger partial charge on any atom is 0.159 e. The summed E-state index contributed by atoms with van der Waals surface area (Å²) in [6.45, 7) is 2.97. The molecule has 4 heteroatoms. The van der Waals surface area contributed by atoms with Crippen LogP contribution in [0.25, 0.3) is 11.4 Å². The van der Waals surface area contributed by atoms with E-state index in [9.17, 15) is 5.11 Å². The van der Waals surface area contributed by atoms with Crippen LogP contribution in [0.3, 0.4) is 0 Å². The summed E-state index contributed by atoms with van der Waals surface area (Å²) < 4.78 is 5.70. The predicted molar refractivity (Wildman–Crippen MR) is 97.2 cm³/mol. The number of unbranched alkanes of at least 4 members (excludes halogenated alkanes) is 7. The molecule has 2 rings (SSSR count). The lowest BCUT2D eigenvalue weighted by Gasteiger charge is -2.06. The maximum absolute atomic E-state index is 9.30. The number of benzene rings is 1. The predicted octanol–water partition coefficient (Wildman–Crippen LogP) is 5.37. The number of ether oxygens (including phenoxy) is 1. The van der Waals surface area contributed by atoms with Crippen LogP contribution < -0.4 is 4.74 Å². The number of rotatable bonds is 11. The largest absolute Gasteiger partial charge is 0.508 e. The Hall–Kier alpha value is -2.10. The van der Waals surface area contributed by atoms with E-state index >= 15 is 0 Å². The summed E-state index contributed by atoms with van der Waals surface area (Å²) in [6.07, 6.45) is 13.8. The van der Waals surface area contributed by atoms with Gasteiger partial charge >= 0.3 is 0 Å². The molecular weight excluding hydrogens is 300 g/mol. The zero-order chi connectivity index (χ0) is 17.0. The van der Waals surface area contributed by atoms with E-state index in [4.69, 9.17) is 4.74 Å². The van der Waals surface area contributed by atoms with Crippen LogP contribution in [0.15, 0.2) is 36.7 Å². The lowest BCUT2D eigenvalue weighted by molar-refractivity contribution is 0.302. The van der Waals surface area contributed by atoms with Gasteiger partial charge in [-0.1, -0.05) is 51.9 Å². The minimum absolute atomic E-state index is 0.240. The van der Waals surface area contributed by atoms with Gasteiger partial charge in [-0.25, -0.2) is 9.97 Å². The van der Waals surface area contributed by atoms with Gasteiger partial charge < -0.3 is 9.84 Å². The highest BCUT2D eigenvalue weighted by atomic mass is 16.5. The molecule has 1 aromatic heterocycles. The number of aromatic hydroxyl groups is 1. The molecule has 2 aromatic rings. The third-order valence-corrected chi connectivity index (χ3v) is 4.02. The average molecular weight is 328 g/mol. The number of aromatic nitrogens is 2. The molecule has 0 aliphatic rings. The van der Waals surface area contributed by atoms with Crippen LogP contribution in [0.2, 0.25) is 0 Å². The van der Waals surface area contributed by atoms with Gasteiger partial charge in [0.2, 0.25) is 0 Å². The number of phenolic OH excluding ortho intramolecular Hbond substituents is 1. The van der Waals surface area contributed by atoms with Gasteiger partial charge in [0.1, 0.15) is 5.75 Å². The fourth-order valence-corrected chi connectivity index (χ4v) is 2.58. The van der Waals surface area contributed by atoms with E-state index in [0.29, 0.717) is 11.6 Å². The highest BCUT2D eigenvalue weighted by Crippen LogP contribution is 2.19. The molecule has 1 heterocycles. The van der Waals surface area contributed by atoms with Crippen molar-refractivity contribution < 1.29 is 9.84 Å². The molecule has 1 aromatic carbocycles. The van der Waals surface area contributed by atoms with Crippen LogP contribution in [-0.2, 0) is 0 Å². The van der Waals surface area contributed by atoms with Crippen molar-refractivity contribution in [1.82, 2.24) is 9.97 Å². The molecule has 4 nitrogen and oxygen atoms in total. The number of phenols is 1. The zero-order valence-corrected chi connectivity index (χ0v) is 14.6. The van der Waals surface area contributed by atoms with Crippen molar-refractivity contribution in [2.45, 2.75) is 58.3 Å². The fourth-order valence-electron chi connectivity index (χ4n) is 2.58. The van der Waals surface area contributed by atoms with Crippen LogP contribution in [0, 0.1) is 0 Å².